The third-order valence-corrected chi connectivity index (χ3v) is 4.80. The molecule has 2 aliphatic rings. The van der Waals surface area contributed by atoms with Crippen molar-refractivity contribution in [1.82, 2.24) is 4.90 Å². The number of Topliss-reactive ketones (excluding diaryl/α,β-unsaturated/α-hetero) is 1. The summed E-state index contributed by atoms with van der Waals surface area (Å²) in [6.07, 6.45) is 3.49. The number of benzene rings is 1. The molecule has 0 N–H and O–H groups in total. The molecule has 0 bridgehead atoms. The van der Waals surface area contributed by atoms with Crippen LogP contribution in [-0.2, 0) is 4.74 Å². The summed E-state index contributed by atoms with van der Waals surface area (Å²) in [5, 5.41) is 0. The Labute approximate surface area is 149 Å². The van der Waals surface area contributed by atoms with Gasteiger partial charge in [0.05, 0.1) is 11.5 Å². The fourth-order valence-electron chi connectivity index (χ4n) is 3.64. The van der Waals surface area contributed by atoms with Crippen LogP contribution in [0.25, 0.3) is 0 Å². The van der Waals surface area contributed by atoms with Crippen LogP contribution in [-0.4, -0.2) is 41.6 Å². The van der Waals surface area contributed by atoms with E-state index in [9.17, 15) is 9.59 Å². The van der Waals surface area contributed by atoms with Crippen LogP contribution in [0.2, 0.25) is 0 Å². The molecule has 2 atom stereocenters. The zero-order valence-corrected chi connectivity index (χ0v) is 15.3. The second-order valence-corrected chi connectivity index (χ2v) is 7.87. The van der Waals surface area contributed by atoms with Gasteiger partial charge < -0.3 is 14.4 Å². The van der Waals surface area contributed by atoms with Gasteiger partial charge in [-0.25, -0.2) is 4.79 Å². The number of rotatable bonds is 1. The summed E-state index contributed by atoms with van der Waals surface area (Å²) in [5.41, 5.74) is 0.0697. The minimum Gasteiger partial charge on any atom is -0.492 e. The lowest BCUT2D eigenvalue weighted by Gasteiger charge is -2.37. The minimum atomic E-state index is -0.548. The smallest absolute Gasteiger partial charge is 0.410 e. The first-order valence-corrected chi connectivity index (χ1v) is 9.12. The Morgan fingerprint density at radius 2 is 1.96 bits per heavy atom. The number of carbonyl (C=O) groups is 2. The average molecular weight is 345 g/mol. The fraction of sp³-hybridized carbons (Fsp3) is 0.600. The Kier molecular flexibility index (Phi) is 5.02. The number of fused-ring (bicyclic) bond motifs is 1. The van der Waals surface area contributed by atoms with Crippen LogP contribution in [0.4, 0.5) is 4.79 Å². The SMILES string of the molecule is CC(C)(C)OC(=O)N1CCCCC[C@@H]1[C@H]1COc2ccccc2C1=O. The van der Waals surface area contributed by atoms with E-state index in [0.29, 0.717) is 24.5 Å². The van der Waals surface area contributed by atoms with E-state index in [4.69, 9.17) is 9.47 Å². The number of nitrogens with zero attached hydrogens (tertiary/aromatic N) is 1. The second kappa shape index (κ2) is 7.06. The normalized spacial score (nSPS) is 24.1. The fourth-order valence-corrected chi connectivity index (χ4v) is 3.64. The summed E-state index contributed by atoms with van der Waals surface area (Å²) in [6.45, 7) is 6.54. The highest BCUT2D eigenvalue weighted by Crippen LogP contribution is 2.33. The van der Waals surface area contributed by atoms with Crippen molar-refractivity contribution in [3.8, 4) is 5.75 Å². The zero-order chi connectivity index (χ0) is 18.0. The average Bonchev–Trinajstić information content (AvgIpc) is 2.80. The zero-order valence-electron chi connectivity index (χ0n) is 15.3. The van der Waals surface area contributed by atoms with Crippen LogP contribution in [0.1, 0.15) is 56.8 Å². The summed E-state index contributed by atoms with van der Waals surface area (Å²) >= 11 is 0. The van der Waals surface area contributed by atoms with E-state index in [1.165, 1.54) is 0 Å². The van der Waals surface area contributed by atoms with Crippen molar-refractivity contribution in [2.45, 2.75) is 58.1 Å². The third-order valence-electron chi connectivity index (χ3n) is 4.80. The van der Waals surface area contributed by atoms with Gasteiger partial charge in [-0.05, 0) is 45.7 Å². The number of ether oxygens (including phenoxy) is 2. The van der Waals surface area contributed by atoms with Gasteiger partial charge in [0.25, 0.3) is 0 Å². The van der Waals surface area contributed by atoms with Crippen molar-refractivity contribution in [2.24, 2.45) is 5.92 Å². The molecule has 5 nitrogen and oxygen atoms in total. The maximum atomic E-state index is 13.0. The van der Waals surface area contributed by atoms with Crippen molar-refractivity contribution in [1.29, 1.82) is 0 Å². The highest BCUT2D eigenvalue weighted by atomic mass is 16.6. The molecule has 1 saturated heterocycles. The monoisotopic (exact) mass is 345 g/mol. The molecular formula is C20H27NO4. The van der Waals surface area contributed by atoms with Crippen LogP contribution in [0, 0.1) is 5.92 Å². The lowest BCUT2D eigenvalue weighted by atomic mass is 9.86. The highest BCUT2D eigenvalue weighted by Gasteiger charge is 2.41. The molecule has 1 amide bonds. The lowest BCUT2D eigenvalue weighted by molar-refractivity contribution is 0.00698. The van der Waals surface area contributed by atoms with Gasteiger partial charge in [-0.1, -0.05) is 25.0 Å². The van der Waals surface area contributed by atoms with E-state index in [1.807, 2.05) is 39.0 Å². The predicted molar refractivity (Wildman–Crippen MR) is 95.0 cm³/mol. The Bertz CT molecular complexity index is 649. The number of carbonyl (C=O) groups excluding carboxylic acids is 2. The quantitative estimate of drug-likeness (QED) is 0.770. The number of hydrogen-bond donors (Lipinski definition) is 0. The largest absolute Gasteiger partial charge is 0.492 e. The van der Waals surface area contributed by atoms with Gasteiger partial charge in [0.1, 0.15) is 18.0 Å². The van der Waals surface area contributed by atoms with Gasteiger partial charge in [0, 0.05) is 12.6 Å². The second-order valence-electron chi connectivity index (χ2n) is 7.87. The summed E-state index contributed by atoms with van der Waals surface area (Å²) < 4.78 is 11.4. The predicted octanol–water partition coefficient (Wildman–Crippen LogP) is 4.06. The van der Waals surface area contributed by atoms with E-state index in [1.54, 1.807) is 11.0 Å². The molecule has 5 heteroatoms. The Balaban J connectivity index is 1.85. The topological polar surface area (TPSA) is 55.8 Å². The molecule has 1 aromatic rings. The molecule has 3 rings (SSSR count). The molecule has 25 heavy (non-hydrogen) atoms. The molecule has 0 aromatic heterocycles. The number of hydrogen-bond acceptors (Lipinski definition) is 4. The highest BCUT2D eigenvalue weighted by molar-refractivity contribution is 6.01. The van der Waals surface area contributed by atoms with Gasteiger partial charge in [-0.15, -0.1) is 0 Å². The molecule has 1 fully saturated rings. The van der Waals surface area contributed by atoms with E-state index in [2.05, 4.69) is 0 Å². The van der Waals surface area contributed by atoms with E-state index in [0.717, 1.165) is 25.7 Å². The van der Waals surface area contributed by atoms with Gasteiger partial charge in [0.2, 0.25) is 0 Å². The molecule has 2 aliphatic heterocycles. The van der Waals surface area contributed by atoms with Crippen molar-refractivity contribution < 1.29 is 19.1 Å². The first-order chi connectivity index (χ1) is 11.9. The van der Waals surface area contributed by atoms with Crippen LogP contribution in [0.15, 0.2) is 24.3 Å². The number of likely N-dealkylation sites (tertiary alicyclic amines) is 1. The van der Waals surface area contributed by atoms with Crippen LogP contribution < -0.4 is 4.74 Å². The van der Waals surface area contributed by atoms with Crippen LogP contribution in [0.3, 0.4) is 0 Å². The Morgan fingerprint density at radius 1 is 1.20 bits per heavy atom. The number of ketones is 1. The Morgan fingerprint density at radius 3 is 2.72 bits per heavy atom. The standard InChI is InChI=1S/C20H27NO4/c1-20(2,3)25-19(23)21-12-8-4-5-10-16(21)15-13-24-17-11-7-6-9-14(17)18(15)22/h6-7,9,11,15-16H,4-5,8,10,12-13H2,1-3H3/t15-,16-/m1/s1. The summed E-state index contributed by atoms with van der Waals surface area (Å²) in [4.78, 5) is 27.5. The first-order valence-electron chi connectivity index (χ1n) is 9.12. The maximum Gasteiger partial charge on any atom is 0.410 e. The molecular weight excluding hydrogens is 318 g/mol. The summed E-state index contributed by atoms with van der Waals surface area (Å²) in [5.74, 6) is 0.379. The van der Waals surface area contributed by atoms with Crippen molar-refractivity contribution in [3.63, 3.8) is 0 Å². The van der Waals surface area contributed by atoms with E-state index < -0.39 is 5.60 Å². The maximum absolute atomic E-state index is 13.0. The van der Waals surface area contributed by atoms with Gasteiger partial charge in [0.15, 0.2) is 5.78 Å². The van der Waals surface area contributed by atoms with Crippen molar-refractivity contribution >= 4 is 11.9 Å². The molecule has 2 heterocycles. The van der Waals surface area contributed by atoms with Gasteiger partial charge >= 0.3 is 6.09 Å². The molecule has 136 valence electrons. The summed E-state index contributed by atoms with van der Waals surface area (Å²) in [6, 6.07) is 7.17. The van der Waals surface area contributed by atoms with E-state index in [-0.39, 0.29) is 23.8 Å². The lowest BCUT2D eigenvalue weighted by Crippen LogP contribution is -2.50. The van der Waals surface area contributed by atoms with Crippen molar-refractivity contribution in [3.05, 3.63) is 29.8 Å². The molecule has 0 aliphatic carbocycles. The summed E-state index contributed by atoms with van der Waals surface area (Å²) in [7, 11) is 0. The van der Waals surface area contributed by atoms with Gasteiger partial charge in [-0.2, -0.15) is 0 Å². The molecule has 0 spiro atoms. The van der Waals surface area contributed by atoms with Gasteiger partial charge in [-0.3, -0.25) is 4.79 Å². The molecule has 0 radical (unpaired) electrons. The molecule has 0 saturated carbocycles. The number of para-hydroxylation sites is 1. The first kappa shape index (κ1) is 17.8. The van der Waals surface area contributed by atoms with Crippen molar-refractivity contribution in [2.75, 3.05) is 13.2 Å². The Hall–Kier alpha value is -2.04. The number of amides is 1. The molecule has 0 unspecified atom stereocenters. The van der Waals surface area contributed by atoms with Crippen LogP contribution >= 0.6 is 0 Å². The van der Waals surface area contributed by atoms with Crippen LogP contribution in [0.5, 0.6) is 5.75 Å². The van der Waals surface area contributed by atoms with E-state index >= 15 is 0 Å². The minimum absolute atomic E-state index is 0.0716. The third kappa shape index (κ3) is 3.97. The molecule has 1 aromatic carbocycles.